The molecule has 0 spiro atoms. The maximum absolute atomic E-state index is 14.2. The van der Waals surface area contributed by atoms with Gasteiger partial charge in [-0.05, 0) is 59.4 Å². The molecular formula is C46H53N3O6SSi. The number of nitrogens with one attached hydrogen (secondary N) is 3. The zero-order chi connectivity index (χ0) is 41.1. The summed E-state index contributed by atoms with van der Waals surface area (Å²) < 4.78 is 12.9. The van der Waals surface area contributed by atoms with Gasteiger partial charge in [-0.2, -0.15) is 0 Å². The molecule has 298 valence electrons. The molecule has 0 aromatic heterocycles. The third-order valence-corrected chi connectivity index (χ3v) is 15.7. The molecule has 5 aromatic rings. The summed E-state index contributed by atoms with van der Waals surface area (Å²) in [7, 11) is -2.96. The van der Waals surface area contributed by atoms with E-state index in [1.165, 1.54) is 11.8 Å². The third-order valence-electron chi connectivity index (χ3n) is 9.44. The molecule has 57 heavy (non-hydrogen) atoms. The molecule has 2 atom stereocenters. The Morgan fingerprint density at radius 2 is 1.14 bits per heavy atom. The van der Waals surface area contributed by atoms with Crippen LogP contribution < -0.4 is 26.3 Å². The summed E-state index contributed by atoms with van der Waals surface area (Å²) in [4.78, 5) is 40.5. The summed E-state index contributed by atoms with van der Waals surface area (Å²) in [5, 5.41) is 20.5. The molecule has 0 fully saturated rings. The average molecular weight is 804 g/mol. The molecule has 0 radical (unpaired) electrons. The van der Waals surface area contributed by atoms with Crippen molar-refractivity contribution < 1.29 is 28.7 Å². The first-order valence-electron chi connectivity index (χ1n) is 19.0. The summed E-state index contributed by atoms with van der Waals surface area (Å²) in [5.74, 6) is -0.747. The zero-order valence-electron chi connectivity index (χ0n) is 33.4. The van der Waals surface area contributed by atoms with Gasteiger partial charge in [0.25, 0.3) is 8.32 Å². The second-order valence-electron chi connectivity index (χ2n) is 15.8. The predicted molar refractivity (Wildman–Crippen MR) is 232 cm³/mol. The number of benzene rings is 5. The third kappa shape index (κ3) is 11.4. The SMILES string of the molecule is CC(C)(C)OC(=O)N[C@H](CO[Si](c1ccccc1)(c1ccccc1)C(C)(C)C)CSc1ccccc1NC(=O)[C@@H](NC(=O)O)C(c1ccccc1)c1ccccc1. The number of hydrogen-bond donors (Lipinski definition) is 4. The fraction of sp³-hybridized carbons (Fsp3) is 0.283. The normalized spacial score (nSPS) is 13.0. The van der Waals surface area contributed by atoms with Gasteiger partial charge in [-0.15, -0.1) is 11.8 Å². The second-order valence-corrected chi connectivity index (χ2v) is 21.2. The van der Waals surface area contributed by atoms with Crippen LogP contribution in [0.2, 0.25) is 5.04 Å². The van der Waals surface area contributed by atoms with Gasteiger partial charge in [-0.1, -0.05) is 154 Å². The van der Waals surface area contributed by atoms with Gasteiger partial charge in [0.15, 0.2) is 0 Å². The lowest BCUT2D eigenvalue weighted by atomic mass is 9.84. The molecule has 0 unspecified atom stereocenters. The van der Waals surface area contributed by atoms with Gasteiger partial charge in [-0.3, -0.25) is 4.79 Å². The quantitative estimate of drug-likeness (QED) is 0.0617. The Labute approximate surface area is 341 Å². The summed E-state index contributed by atoms with van der Waals surface area (Å²) in [6.07, 6.45) is -1.87. The van der Waals surface area contributed by atoms with Crippen LogP contribution in [0.4, 0.5) is 15.3 Å². The molecule has 0 aliphatic carbocycles. The van der Waals surface area contributed by atoms with Crippen LogP contribution >= 0.6 is 11.8 Å². The molecule has 11 heteroatoms. The van der Waals surface area contributed by atoms with Crippen LogP contribution in [0.25, 0.3) is 0 Å². The van der Waals surface area contributed by atoms with Crippen LogP contribution in [0.1, 0.15) is 58.6 Å². The topological polar surface area (TPSA) is 126 Å². The number of rotatable bonds is 15. The van der Waals surface area contributed by atoms with E-state index in [1.807, 2.05) is 136 Å². The van der Waals surface area contributed by atoms with Crippen molar-refractivity contribution in [2.75, 3.05) is 17.7 Å². The molecule has 0 aliphatic rings. The fourth-order valence-corrected chi connectivity index (χ4v) is 12.6. The van der Waals surface area contributed by atoms with E-state index in [2.05, 4.69) is 61.0 Å². The maximum atomic E-state index is 14.2. The lowest BCUT2D eigenvalue weighted by Crippen LogP contribution is -2.67. The Morgan fingerprint density at radius 1 is 0.667 bits per heavy atom. The van der Waals surface area contributed by atoms with E-state index in [-0.39, 0.29) is 11.6 Å². The summed E-state index contributed by atoms with van der Waals surface area (Å²) in [6, 6.07) is 45.1. The van der Waals surface area contributed by atoms with Crippen molar-refractivity contribution in [2.24, 2.45) is 0 Å². The van der Waals surface area contributed by atoms with E-state index in [1.54, 1.807) is 6.07 Å². The number of thioether (sulfide) groups is 1. The first-order chi connectivity index (χ1) is 27.2. The fourth-order valence-electron chi connectivity index (χ4n) is 7.02. The van der Waals surface area contributed by atoms with Crippen LogP contribution in [0.15, 0.2) is 150 Å². The van der Waals surface area contributed by atoms with Gasteiger partial charge in [0.2, 0.25) is 5.91 Å². The highest BCUT2D eigenvalue weighted by atomic mass is 32.2. The van der Waals surface area contributed by atoms with E-state index < -0.39 is 50.0 Å². The van der Waals surface area contributed by atoms with Gasteiger partial charge in [0, 0.05) is 16.6 Å². The molecule has 4 N–H and O–H groups in total. The Bertz CT molecular complexity index is 1980. The zero-order valence-corrected chi connectivity index (χ0v) is 35.2. The van der Waals surface area contributed by atoms with Crippen molar-refractivity contribution in [3.05, 3.63) is 157 Å². The van der Waals surface area contributed by atoms with E-state index in [4.69, 9.17) is 9.16 Å². The van der Waals surface area contributed by atoms with Crippen molar-refractivity contribution in [1.29, 1.82) is 0 Å². The molecule has 3 amide bonds. The van der Waals surface area contributed by atoms with Crippen molar-refractivity contribution >= 4 is 54.2 Å². The van der Waals surface area contributed by atoms with Crippen molar-refractivity contribution in [1.82, 2.24) is 10.6 Å². The van der Waals surface area contributed by atoms with Crippen LogP contribution in [0.3, 0.4) is 0 Å². The Kier molecular flexibility index (Phi) is 14.4. The molecule has 0 saturated carbocycles. The first-order valence-corrected chi connectivity index (χ1v) is 21.9. The average Bonchev–Trinajstić information content (AvgIpc) is 3.17. The van der Waals surface area contributed by atoms with Crippen LogP contribution in [0, 0.1) is 0 Å². The summed E-state index contributed by atoms with van der Waals surface area (Å²) in [5.41, 5.74) is 1.37. The Morgan fingerprint density at radius 3 is 1.61 bits per heavy atom. The van der Waals surface area contributed by atoms with Crippen molar-refractivity contribution in [2.45, 2.75) is 75.1 Å². The van der Waals surface area contributed by atoms with E-state index in [0.29, 0.717) is 11.4 Å². The molecular weight excluding hydrogens is 751 g/mol. The number of carboxylic acid groups (broad SMARTS) is 1. The molecule has 0 bridgehead atoms. The molecule has 5 aromatic carbocycles. The number of alkyl carbamates (subject to hydrolysis) is 1. The lowest BCUT2D eigenvalue weighted by Gasteiger charge is -2.43. The van der Waals surface area contributed by atoms with Crippen molar-refractivity contribution in [3.8, 4) is 0 Å². The summed E-state index contributed by atoms with van der Waals surface area (Å²) >= 11 is 1.45. The van der Waals surface area contributed by atoms with E-state index in [0.717, 1.165) is 26.4 Å². The highest BCUT2D eigenvalue weighted by molar-refractivity contribution is 7.99. The number of anilines is 1. The van der Waals surface area contributed by atoms with Gasteiger partial charge < -0.3 is 30.2 Å². The monoisotopic (exact) mass is 803 g/mol. The van der Waals surface area contributed by atoms with Gasteiger partial charge in [0.1, 0.15) is 11.6 Å². The smallest absolute Gasteiger partial charge is 0.407 e. The minimum Gasteiger partial charge on any atom is -0.465 e. The first kappa shape index (κ1) is 42.8. The van der Waals surface area contributed by atoms with Crippen LogP contribution in [0.5, 0.6) is 0 Å². The van der Waals surface area contributed by atoms with Gasteiger partial charge in [-0.25, -0.2) is 9.59 Å². The molecule has 9 nitrogen and oxygen atoms in total. The highest BCUT2D eigenvalue weighted by Crippen LogP contribution is 2.37. The van der Waals surface area contributed by atoms with E-state index in [9.17, 15) is 19.5 Å². The molecule has 0 heterocycles. The molecule has 5 rings (SSSR count). The Balaban J connectivity index is 1.44. The minimum absolute atomic E-state index is 0.189. The molecule has 0 saturated heterocycles. The standard InChI is InChI=1S/C46H53N3O6SSi/c1-45(2,3)55-44(53)47-35(31-54-57(46(4,5)6,36-25-15-9-16-26-36)37-27-17-10-18-28-37)32-56-39-30-20-19-29-38(39)48-42(50)41(49-43(51)52)40(33-21-11-7-12-22-33)34-23-13-8-14-24-34/h7-30,35,40-41,49H,31-32H2,1-6H3,(H,47,53)(H,48,50)(H,51,52)/t35-,41+/m1/s1. The number of ether oxygens (including phenoxy) is 1. The van der Waals surface area contributed by atoms with E-state index >= 15 is 0 Å². The number of amides is 3. The van der Waals surface area contributed by atoms with Crippen LogP contribution in [-0.4, -0.2) is 61.6 Å². The van der Waals surface area contributed by atoms with Crippen molar-refractivity contribution in [3.63, 3.8) is 0 Å². The predicted octanol–water partition coefficient (Wildman–Crippen LogP) is 8.66. The second kappa shape index (κ2) is 19.2. The van der Waals surface area contributed by atoms with Gasteiger partial charge in [0.05, 0.1) is 18.3 Å². The number of carbonyl (C=O) groups is 3. The minimum atomic E-state index is -2.96. The van der Waals surface area contributed by atoms with Gasteiger partial charge >= 0.3 is 12.2 Å². The maximum Gasteiger partial charge on any atom is 0.407 e. The van der Waals surface area contributed by atoms with Crippen LogP contribution in [-0.2, 0) is 14.0 Å². The lowest BCUT2D eigenvalue weighted by molar-refractivity contribution is -0.118. The Hall–Kier alpha value is -5.36. The number of para-hydroxylation sites is 1. The molecule has 0 aliphatic heterocycles. The largest absolute Gasteiger partial charge is 0.465 e. The number of carbonyl (C=O) groups excluding carboxylic acids is 2. The summed E-state index contributed by atoms with van der Waals surface area (Å²) in [6.45, 7) is 12.3. The highest BCUT2D eigenvalue weighted by Gasteiger charge is 2.50. The number of hydrogen-bond acceptors (Lipinski definition) is 6.